The number of H-pyrrole nitrogens is 1. The van der Waals surface area contributed by atoms with E-state index in [0.717, 1.165) is 5.82 Å². The van der Waals surface area contributed by atoms with Crippen molar-refractivity contribution in [3.8, 4) is 6.07 Å². The molecule has 0 aromatic carbocycles. The van der Waals surface area contributed by atoms with Crippen LogP contribution in [0.4, 0.5) is 0 Å². The maximum Gasteiger partial charge on any atom is 0.225 e. The molecule has 0 radical (unpaired) electrons. The van der Waals surface area contributed by atoms with Gasteiger partial charge in [-0.05, 0) is 6.42 Å². The van der Waals surface area contributed by atoms with Crippen LogP contribution in [-0.4, -0.2) is 30.7 Å². The number of nitrogens with one attached hydrogen (secondary N) is 2. The second-order valence-electron chi connectivity index (χ2n) is 2.95. The number of imidazole rings is 1. The van der Waals surface area contributed by atoms with Crippen LogP contribution in [0.25, 0.3) is 0 Å². The van der Waals surface area contributed by atoms with E-state index in [9.17, 15) is 8.42 Å². The molecule has 1 rings (SSSR count). The molecule has 0 saturated heterocycles. The average molecular weight is 228 g/mol. The van der Waals surface area contributed by atoms with E-state index in [4.69, 9.17) is 5.26 Å². The first-order valence-electron chi connectivity index (χ1n) is 4.46. The first kappa shape index (κ1) is 11.7. The van der Waals surface area contributed by atoms with Crippen LogP contribution < -0.4 is 4.72 Å². The molecule has 15 heavy (non-hydrogen) atoms. The molecule has 1 aromatic rings. The standard InChI is InChI=1S/C8H12N4O2S/c9-3-7-15(13,14)12-4-1-2-8-10-5-6-11-8/h5-6,12H,1-2,4,7H2,(H,10,11). The first-order valence-corrected chi connectivity index (χ1v) is 6.12. The Kier molecular flexibility index (Phi) is 4.27. The lowest BCUT2D eigenvalue weighted by Crippen LogP contribution is -2.27. The second-order valence-corrected chi connectivity index (χ2v) is 4.76. The zero-order valence-electron chi connectivity index (χ0n) is 8.10. The van der Waals surface area contributed by atoms with Gasteiger partial charge in [0.15, 0.2) is 5.75 Å². The van der Waals surface area contributed by atoms with E-state index in [1.165, 1.54) is 0 Å². The number of hydrogen-bond donors (Lipinski definition) is 2. The largest absolute Gasteiger partial charge is 0.349 e. The van der Waals surface area contributed by atoms with Gasteiger partial charge in [-0.3, -0.25) is 0 Å². The predicted octanol–water partition coefficient (Wildman–Crippen LogP) is -0.215. The SMILES string of the molecule is N#CCS(=O)(=O)NCCCc1ncc[nH]1. The number of rotatable bonds is 6. The Morgan fingerprint density at radius 1 is 1.60 bits per heavy atom. The van der Waals surface area contributed by atoms with Gasteiger partial charge in [0.1, 0.15) is 5.82 Å². The summed E-state index contributed by atoms with van der Waals surface area (Å²) in [6, 6.07) is 1.59. The summed E-state index contributed by atoms with van der Waals surface area (Å²) in [4.78, 5) is 6.92. The normalized spacial score (nSPS) is 11.1. The van der Waals surface area contributed by atoms with Crippen LogP contribution in [-0.2, 0) is 16.4 Å². The van der Waals surface area contributed by atoms with Gasteiger partial charge < -0.3 is 4.98 Å². The molecule has 0 amide bonds. The summed E-state index contributed by atoms with van der Waals surface area (Å²) in [6.45, 7) is 0.324. The van der Waals surface area contributed by atoms with Crippen molar-refractivity contribution in [3.05, 3.63) is 18.2 Å². The van der Waals surface area contributed by atoms with Gasteiger partial charge in [0.05, 0.1) is 6.07 Å². The van der Waals surface area contributed by atoms with Crippen molar-refractivity contribution in [2.45, 2.75) is 12.8 Å². The Labute approximate surface area is 88.4 Å². The summed E-state index contributed by atoms with van der Waals surface area (Å²) in [5.41, 5.74) is 0. The molecule has 1 aromatic heterocycles. The molecule has 0 atom stereocenters. The first-order chi connectivity index (χ1) is 7.14. The fraction of sp³-hybridized carbons (Fsp3) is 0.500. The Hall–Kier alpha value is -1.39. The number of aromatic nitrogens is 2. The third-order valence-electron chi connectivity index (χ3n) is 1.72. The Morgan fingerprint density at radius 3 is 3.00 bits per heavy atom. The highest BCUT2D eigenvalue weighted by molar-refractivity contribution is 7.89. The highest BCUT2D eigenvalue weighted by Gasteiger charge is 2.07. The van der Waals surface area contributed by atoms with Crippen LogP contribution >= 0.6 is 0 Å². The molecule has 0 aliphatic rings. The molecule has 0 fully saturated rings. The second kappa shape index (κ2) is 5.48. The zero-order chi connectivity index (χ0) is 11.1. The Morgan fingerprint density at radius 2 is 2.40 bits per heavy atom. The van der Waals surface area contributed by atoms with Crippen molar-refractivity contribution in [1.82, 2.24) is 14.7 Å². The molecule has 0 aliphatic carbocycles. The summed E-state index contributed by atoms with van der Waals surface area (Å²) >= 11 is 0. The number of sulfonamides is 1. The summed E-state index contributed by atoms with van der Waals surface area (Å²) in [5, 5.41) is 8.22. The van der Waals surface area contributed by atoms with E-state index in [1.807, 2.05) is 0 Å². The fourth-order valence-corrected chi connectivity index (χ4v) is 1.78. The lowest BCUT2D eigenvalue weighted by molar-refractivity contribution is 0.582. The topological polar surface area (TPSA) is 98.6 Å². The van der Waals surface area contributed by atoms with Crippen LogP contribution in [0.1, 0.15) is 12.2 Å². The molecule has 7 heteroatoms. The molecule has 0 aliphatic heterocycles. The number of aryl methyl sites for hydroxylation is 1. The number of aromatic amines is 1. The third kappa shape index (κ3) is 4.58. The van der Waals surface area contributed by atoms with E-state index in [-0.39, 0.29) is 0 Å². The van der Waals surface area contributed by atoms with E-state index in [1.54, 1.807) is 18.5 Å². The van der Waals surface area contributed by atoms with Gasteiger partial charge in [-0.1, -0.05) is 0 Å². The molecule has 0 spiro atoms. The van der Waals surface area contributed by atoms with Crippen LogP contribution in [0.2, 0.25) is 0 Å². The average Bonchev–Trinajstić information content (AvgIpc) is 2.65. The third-order valence-corrected chi connectivity index (χ3v) is 2.87. The highest BCUT2D eigenvalue weighted by atomic mass is 32.2. The molecule has 0 unspecified atom stereocenters. The number of nitriles is 1. The van der Waals surface area contributed by atoms with Gasteiger partial charge in [0.25, 0.3) is 0 Å². The minimum Gasteiger partial charge on any atom is -0.349 e. The van der Waals surface area contributed by atoms with Crippen molar-refractivity contribution in [2.24, 2.45) is 0 Å². The lowest BCUT2D eigenvalue weighted by atomic mass is 10.3. The smallest absolute Gasteiger partial charge is 0.225 e. The van der Waals surface area contributed by atoms with Crippen molar-refractivity contribution in [2.75, 3.05) is 12.3 Å². The molecule has 2 N–H and O–H groups in total. The van der Waals surface area contributed by atoms with Gasteiger partial charge in [-0.2, -0.15) is 5.26 Å². The van der Waals surface area contributed by atoms with Crippen molar-refractivity contribution in [1.29, 1.82) is 5.26 Å². The molecule has 1 heterocycles. The summed E-state index contributed by atoms with van der Waals surface area (Å²) in [5.74, 6) is 0.336. The zero-order valence-corrected chi connectivity index (χ0v) is 8.92. The van der Waals surface area contributed by atoms with Gasteiger partial charge in [0, 0.05) is 25.4 Å². The Bertz CT molecular complexity index is 418. The Balaban J connectivity index is 2.20. The number of nitrogens with zero attached hydrogens (tertiary/aromatic N) is 2. The van der Waals surface area contributed by atoms with E-state index >= 15 is 0 Å². The molecule has 0 bridgehead atoms. The van der Waals surface area contributed by atoms with Crippen LogP contribution in [0.15, 0.2) is 12.4 Å². The molecular formula is C8H12N4O2S. The molecule has 6 nitrogen and oxygen atoms in total. The van der Waals surface area contributed by atoms with Crippen LogP contribution in [0.5, 0.6) is 0 Å². The maximum absolute atomic E-state index is 11.0. The fourth-order valence-electron chi connectivity index (χ4n) is 1.05. The molecular weight excluding hydrogens is 216 g/mol. The van der Waals surface area contributed by atoms with Gasteiger partial charge in [-0.15, -0.1) is 0 Å². The quantitative estimate of drug-likeness (QED) is 0.658. The van der Waals surface area contributed by atoms with Crippen LogP contribution in [0.3, 0.4) is 0 Å². The van der Waals surface area contributed by atoms with Gasteiger partial charge in [-0.25, -0.2) is 18.1 Å². The number of hydrogen-bond acceptors (Lipinski definition) is 4. The van der Waals surface area contributed by atoms with Crippen molar-refractivity contribution in [3.63, 3.8) is 0 Å². The van der Waals surface area contributed by atoms with Gasteiger partial charge >= 0.3 is 0 Å². The van der Waals surface area contributed by atoms with Crippen molar-refractivity contribution >= 4 is 10.0 Å². The van der Waals surface area contributed by atoms with Crippen molar-refractivity contribution < 1.29 is 8.42 Å². The minimum absolute atomic E-state index is 0.324. The molecule has 82 valence electrons. The van der Waals surface area contributed by atoms with Crippen LogP contribution in [0, 0.1) is 11.3 Å². The molecule has 0 saturated carbocycles. The predicted molar refractivity (Wildman–Crippen MR) is 54.3 cm³/mol. The summed E-state index contributed by atoms with van der Waals surface area (Å²) in [7, 11) is -3.41. The summed E-state index contributed by atoms with van der Waals surface area (Å²) in [6.07, 6.45) is 4.70. The van der Waals surface area contributed by atoms with E-state index in [2.05, 4.69) is 14.7 Å². The monoisotopic (exact) mass is 228 g/mol. The lowest BCUT2D eigenvalue weighted by Gasteiger charge is -2.01. The maximum atomic E-state index is 11.0. The highest BCUT2D eigenvalue weighted by Crippen LogP contribution is 1.94. The van der Waals surface area contributed by atoms with E-state index in [0.29, 0.717) is 19.4 Å². The summed E-state index contributed by atoms with van der Waals surface area (Å²) < 4.78 is 24.4. The minimum atomic E-state index is -3.41. The van der Waals surface area contributed by atoms with E-state index < -0.39 is 15.8 Å². The van der Waals surface area contributed by atoms with Gasteiger partial charge in [0.2, 0.25) is 10.0 Å².